The molecule has 1 aliphatic heterocycles. The van der Waals surface area contributed by atoms with Crippen LogP contribution in [0.25, 0.3) is 0 Å². The van der Waals surface area contributed by atoms with E-state index in [-0.39, 0.29) is 27.9 Å². The Bertz CT molecular complexity index is 908. The minimum atomic E-state index is -2.16. The fourth-order valence-electron chi connectivity index (χ4n) is 3.24. The lowest BCUT2D eigenvalue weighted by Gasteiger charge is -2.44. The van der Waals surface area contributed by atoms with Crippen LogP contribution in [-0.4, -0.2) is 50.4 Å². The van der Waals surface area contributed by atoms with Gasteiger partial charge in [-0.1, -0.05) is 41.5 Å². The molecule has 0 bridgehead atoms. The Balaban J connectivity index is 2.48. The van der Waals surface area contributed by atoms with Crippen molar-refractivity contribution in [2.75, 3.05) is 18.2 Å². The van der Waals surface area contributed by atoms with E-state index in [1.54, 1.807) is 6.20 Å². The van der Waals surface area contributed by atoms with Crippen LogP contribution in [0, 0.1) is 6.92 Å². The predicted octanol–water partition coefficient (Wildman–Crippen LogP) is 5.44. The highest BCUT2D eigenvalue weighted by molar-refractivity contribution is 6.74. The Labute approximate surface area is 206 Å². The quantitative estimate of drug-likeness (QED) is 0.382. The third-order valence-corrected chi connectivity index (χ3v) is 17.2. The summed E-state index contributed by atoms with van der Waals surface area (Å²) in [6, 6.07) is 0. The fraction of sp³-hybridized carbons (Fsp3) is 0.826. The Kier molecular flexibility index (Phi) is 8.11. The predicted molar refractivity (Wildman–Crippen MR) is 141 cm³/mol. The summed E-state index contributed by atoms with van der Waals surface area (Å²) in [4.78, 5) is 16.6. The minimum absolute atomic E-state index is 0.0135. The molecule has 0 aromatic carbocycles. The highest BCUT2D eigenvalue weighted by atomic mass is 35.5. The van der Waals surface area contributed by atoms with Crippen LogP contribution in [0.3, 0.4) is 0 Å². The Morgan fingerprint density at radius 3 is 2.21 bits per heavy atom. The summed E-state index contributed by atoms with van der Waals surface area (Å²) in [5.41, 5.74) is 5.26. The average Bonchev–Trinajstić information content (AvgIpc) is 2.99. The molecule has 0 spiro atoms. The molecule has 1 aromatic heterocycles. The van der Waals surface area contributed by atoms with Crippen LogP contribution in [0.2, 0.25) is 36.3 Å². The SMILES string of the molecule is Cc1cn([C@H]2CC(O[Si](C)(C)C(C)(C)C)[C@@](CCl)(CO[Si](C)(C)C(C)(C)C)O2)c(=O)nc1N. The smallest absolute Gasteiger partial charge is 0.351 e. The monoisotopic (exact) mass is 517 g/mol. The lowest BCUT2D eigenvalue weighted by Crippen LogP contribution is -2.55. The highest BCUT2D eigenvalue weighted by Gasteiger charge is 2.54. The molecule has 3 atom stereocenters. The molecule has 1 saturated heterocycles. The van der Waals surface area contributed by atoms with Crippen LogP contribution in [0.15, 0.2) is 11.0 Å². The molecule has 2 heterocycles. The third-order valence-electron chi connectivity index (χ3n) is 7.81. The summed E-state index contributed by atoms with van der Waals surface area (Å²) in [5, 5.41) is 0.0584. The Morgan fingerprint density at radius 2 is 1.73 bits per heavy atom. The van der Waals surface area contributed by atoms with Gasteiger partial charge in [0.2, 0.25) is 0 Å². The molecular weight excluding hydrogens is 474 g/mol. The van der Waals surface area contributed by atoms with Gasteiger partial charge in [-0.15, -0.1) is 11.6 Å². The van der Waals surface area contributed by atoms with Gasteiger partial charge in [-0.3, -0.25) is 4.57 Å². The van der Waals surface area contributed by atoms with Gasteiger partial charge in [-0.25, -0.2) is 4.79 Å². The number of aryl methyl sites for hydroxylation is 1. The molecule has 33 heavy (non-hydrogen) atoms. The second kappa shape index (κ2) is 9.39. The van der Waals surface area contributed by atoms with E-state index in [0.717, 1.165) is 5.56 Å². The maximum atomic E-state index is 12.7. The number of halogens is 1. The van der Waals surface area contributed by atoms with Crippen LogP contribution >= 0.6 is 11.6 Å². The van der Waals surface area contributed by atoms with Crippen LogP contribution < -0.4 is 11.4 Å². The van der Waals surface area contributed by atoms with Gasteiger partial charge < -0.3 is 19.3 Å². The van der Waals surface area contributed by atoms with E-state index in [4.69, 9.17) is 30.9 Å². The highest BCUT2D eigenvalue weighted by Crippen LogP contribution is 2.46. The first-order valence-electron chi connectivity index (χ1n) is 11.7. The van der Waals surface area contributed by atoms with Crippen molar-refractivity contribution in [3.63, 3.8) is 0 Å². The fourth-order valence-corrected chi connectivity index (χ4v) is 5.96. The number of ether oxygens (including phenoxy) is 1. The molecule has 190 valence electrons. The molecule has 2 rings (SSSR count). The van der Waals surface area contributed by atoms with Gasteiger partial charge in [0, 0.05) is 18.2 Å². The maximum absolute atomic E-state index is 12.7. The zero-order valence-electron chi connectivity index (χ0n) is 22.3. The van der Waals surface area contributed by atoms with Gasteiger partial charge in [0.25, 0.3) is 0 Å². The van der Waals surface area contributed by atoms with E-state index in [2.05, 4.69) is 72.7 Å². The van der Waals surface area contributed by atoms with Gasteiger partial charge in [0.15, 0.2) is 16.6 Å². The van der Waals surface area contributed by atoms with E-state index in [0.29, 0.717) is 13.0 Å². The summed E-state index contributed by atoms with van der Waals surface area (Å²) in [6.07, 6.45) is 1.33. The van der Waals surface area contributed by atoms with E-state index < -0.39 is 34.2 Å². The molecule has 1 fully saturated rings. The standard InChI is InChI=1S/C23H44ClN3O4Si2/c1-16-13-27(20(28)26-19(16)25)18-12-17(31-33(10,11)22(5,6)7)23(14-24,30-18)15-29-32(8,9)21(2,3)4/h13,17-18H,12,14-15H2,1-11H3,(H2,25,26,28)/t17?,18-,23-/m1/s1. The van der Waals surface area contributed by atoms with Crippen LogP contribution in [0.1, 0.15) is 59.8 Å². The first-order valence-corrected chi connectivity index (χ1v) is 18.0. The van der Waals surface area contributed by atoms with Gasteiger partial charge in [0.05, 0.1) is 18.6 Å². The van der Waals surface area contributed by atoms with Crippen molar-refractivity contribution in [2.45, 2.75) is 109 Å². The zero-order valence-corrected chi connectivity index (χ0v) is 25.1. The lowest BCUT2D eigenvalue weighted by molar-refractivity contribution is -0.109. The van der Waals surface area contributed by atoms with Crippen molar-refractivity contribution in [2.24, 2.45) is 0 Å². The third kappa shape index (κ3) is 5.93. The summed E-state index contributed by atoms with van der Waals surface area (Å²) in [6.45, 7) is 24.2. The van der Waals surface area contributed by atoms with Gasteiger partial charge in [-0.2, -0.15) is 4.98 Å². The molecule has 1 aliphatic rings. The van der Waals surface area contributed by atoms with E-state index in [9.17, 15) is 4.79 Å². The molecule has 0 aliphatic carbocycles. The summed E-state index contributed by atoms with van der Waals surface area (Å²) in [5.74, 6) is 0.432. The first-order chi connectivity index (χ1) is 14.8. The number of nitrogens with two attached hydrogens (primary N) is 1. The number of aromatic nitrogens is 2. The average molecular weight is 518 g/mol. The molecule has 1 unspecified atom stereocenters. The number of hydrogen-bond acceptors (Lipinski definition) is 6. The van der Waals surface area contributed by atoms with Crippen molar-refractivity contribution >= 4 is 34.1 Å². The molecule has 10 heteroatoms. The molecular formula is C23H44ClN3O4Si2. The number of nitrogens with zero attached hydrogens (tertiary/aromatic N) is 2. The van der Waals surface area contributed by atoms with Crippen LogP contribution in [0.4, 0.5) is 5.82 Å². The summed E-state index contributed by atoms with van der Waals surface area (Å²) < 4.78 is 21.6. The normalized spacial score (nSPS) is 25.0. The molecule has 2 N–H and O–H groups in total. The van der Waals surface area contributed by atoms with Crippen molar-refractivity contribution in [3.05, 3.63) is 22.2 Å². The number of hydrogen-bond donors (Lipinski definition) is 1. The molecule has 0 amide bonds. The van der Waals surface area contributed by atoms with E-state index >= 15 is 0 Å². The van der Waals surface area contributed by atoms with Crippen molar-refractivity contribution in [3.8, 4) is 0 Å². The second-order valence-corrected chi connectivity index (χ2v) is 22.3. The number of anilines is 1. The van der Waals surface area contributed by atoms with Crippen molar-refractivity contribution < 1.29 is 13.6 Å². The maximum Gasteiger partial charge on any atom is 0.351 e. The number of nitrogen functional groups attached to an aromatic ring is 1. The molecule has 7 nitrogen and oxygen atoms in total. The molecule has 1 aromatic rings. The van der Waals surface area contributed by atoms with Gasteiger partial charge in [-0.05, 0) is 43.2 Å². The van der Waals surface area contributed by atoms with Crippen LogP contribution in [0.5, 0.6) is 0 Å². The zero-order chi connectivity index (χ0) is 25.6. The van der Waals surface area contributed by atoms with Gasteiger partial charge in [0.1, 0.15) is 17.6 Å². The minimum Gasteiger partial charge on any atom is -0.414 e. The topological polar surface area (TPSA) is 88.6 Å². The molecule has 0 radical (unpaired) electrons. The second-order valence-electron chi connectivity index (χ2n) is 12.4. The Hall–Kier alpha value is -0.716. The largest absolute Gasteiger partial charge is 0.414 e. The van der Waals surface area contributed by atoms with Crippen molar-refractivity contribution in [1.82, 2.24) is 9.55 Å². The lowest BCUT2D eigenvalue weighted by atomic mass is 10.0. The van der Waals surface area contributed by atoms with Gasteiger partial charge >= 0.3 is 5.69 Å². The number of rotatable bonds is 7. The Morgan fingerprint density at radius 1 is 1.18 bits per heavy atom. The first kappa shape index (κ1) is 28.5. The summed E-state index contributed by atoms with van der Waals surface area (Å²) >= 11 is 6.62. The van der Waals surface area contributed by atoms with Crippen molar-refractivity contribution in [1.29, 1.82) is 0 Å². The van der Waals surface area contributed by atoms with E-state index in [1.807, 2.05) is 6.92 Å². The van der Waals surface area contributed by atoms with Crippen LogP contribution in [-0.2, 0) is 13.6 Å². The summed E-state index contributed by atoms with van der Waals surface area (Å²) in [7, 11) is -4.23. The van der Waals surface area contributed by atoms with E-state index in [1.165, 1.54) is 4.57 Å². The molecule has 0 saturated carbocycles. The number of alkyl halides is 1.